The van der Waals surface area contributed by atoms with Crippen LogP contribution in [-0.4, -0.2) is 25.0 Å². The second kappa shape index (κ2) is 9.37. The van der Waals surface area contributed by atoms with Crippen molar-refractivity contribution in [3.05, 3.63) is 58.1 Å². The van der Waals surface area contributed by atoms with Crippen molar-refractivity contribution in [3.8, 4) is 5.75 Å². The Balaban J connectivity index is 1.95. The van der Waals surface area contributed by atoms with E-state index in [4.69, 9.17) is 4.74 Å². The van der Waals surface area contributed by atoms with E-state index in [2.05, 4.69) is 26.6 Å². The summed E-state index contributed by atoms with van der Waals surface area (Å²) >= 11 is 3.21. The molecule has 0 aliphatic carbocycles. The molecule has 0 unspecified atom stereocenters. The van der Waals surface area contributed by atoms with Crippen LogP contribution in [-0.2, 0) is 21.9 Å². The lowest BCUT2D eigenvalue weighted by Gasteiger charge is -2.14. The van der Waals surface area contributed by atoms with Gasteiger partial charge in [-0.1, -0.05) is 12.1 Å². The number of anilines is 1. The summed E-state index contributed by atoms with van der Waals surface area (Å²) in [5, 5.41) is 4.64. The summed E-state index contributed by atoms with van der Waals surface area (Å²) in [5.41, 5.74) is -2.70. The first kappa shape index (κ1) is 23.5. The van der Waals surface area contributed by atoms with Crippen molar-refractivity contribution in [2.45, 2.75) is 12.4 Å². The van der Waals surface area contributed by atoms with Gasteiger partial charge in [0.25, 0.3) is 5.91 Å². The minimum Gasteiger partial charge on any atom is -0.484 e. The van der Waals surface area contributed by atoms with Crippen molar-refractivity contribution in [1.82, 2.24) is 5.32 Å². The summed E-state index contributed by atoms with van der Waals surface area (Å²) in [5.74, 6) is -2.30. The first-order valence-electron chi connectivity index (χ1n) is 8.09. The second-order valence-corrected chi connectivity index (χ2v) is 6.69. The first-order valence-corrected chi connectivity index (χ1v) is 8.89. The van der Waals surface area contributed by atoms with Crippen LogP contribution in [0.2, 0.25) is 0 Å². The number of carbonyl (C=O) groups is 2. The molecule has 162 valence electrons. The molecule has 2 rings (SSSR count). The number of ether oxygens (including phenoxy) is 1. The zero-order valence-electron chi connectivity index (χ0n) is 14.8. The zero-order valence-corrected chi connectivity index (χ0v) is 16.4. The van der Waals surface area contributed by atoms with Crippen LogP contribution in [0.15, 0.2) is 46.9 Å². The van der Waals surface area contributed by atoms with Gasteiger partial charge < -0.3 is 15.4 Å². The molecule has 2 aromatic rings. The van der Waals surface area contributed by atoms with E-state index >= 15 is 0 Å². The molecule has 12 heteroatoms. The third-order valence-corrected chi connectivity index (χ3v) is 4.22. The third-order valence-electron chi connectivity index (χ3n) is 3.53. The second-order valence-electron chi connectivity index (χ2n) is 5.84. The lowest BCUT2D eigenvalue weighted by atomic mass is 10.1. The van der Waals surface area contributed by atoms with E-state index in [1.807, 2.05) is 0 Å². The number of nitrogens with one attached hydrogen (secondary N) is 2. The van der Waals surface area contributed by atoms with Crippen molar-refractivity contribution in [2.75, 3.05) is 18.5 Å². The van der Waals surface area contributed by atoms with Crippen LogP contribution in [0.1, 0.15) is 11.1 Å². The maximum atomic E-state index is 12.8. The SMILES string of the molecule is O=C(COc1cc(C(F)(F)F)cc(C(F)(F)F)c1)NCC(=O)Nc1ccccc1Br. The molecule has 2 N–H and O–H groups in total. The van der Waals surface area contributed by atoms with E-state index < -0.39 is 54.2 Å². The van der Waals surface area contributed by atoms with Gasteiger partial charge in [-0.05, 0) is 46.3 Å². The molecule has 0 fully saturated rings. The predicted molar refractivity (Wildman–Crippen MR) is 97.7 cm³/mol. The molecule has 0 atom stereocenters. The van der Waals surface area contributed by atoms with E-state index in [-0.39, 0.29) is 6.07 Å². The molecule has 0 saturated heterocycles. The van der Waals surface area contributed by atoms with Gasteiger partial charge in [0.2, 0.25) is 5.91 Å². The molecule has 5 nitrogen and oxygen atoms in total. The Morgan fingerprint density at radius 1 is 0.900 bits per heavy atom. The van der Waals surface area contributed by atoms with Gasteiger partial charge in [-0.2, -0.15) is 26.3 Å². The monoisotopic (exact) mass is 498 g/mol. The minimum atomic E-state index is -5.04. The van der Waals surface area contributed by atoms with Crippen LogP contribution in [0, 0.1) is 0 Å². The van der Waals surface area contributed by atoms with Crippen LogP contribution in [0.3, 0.4) is 0 Å². The van der Waals surface area contributed by atoms with Gasteiger partial charge in [0, 0.05) is 4.47 Å². The number of alkyl halides is 6. The Morgan fingerprint density at radius 3 is 2.00 bits per heavy atom. The topological polar surface area (TPSA) is 67.4 Å². The van der Waals surface area contributed by atoms with Crippen molar-refractivity contribution < 1.29 is 40.7 Å². The van der Waals surface area contributed by atoms with Gasteiger partial charge >= 0.3 is 12.4 Å². The molecule has 0 spiro atoms. The number of rotatable bonds is 6. The zero-order chi connectivity index (χ0) is 22.5. The molecule has 0 heterocycles. The number of halogens is 7. The predicted octanol–water partition coefficient (Wildman–Crippen LogP) is 4.62. The highest BCUT2D eigenvalue weighted by molar-refractivity contribution is 9.10. The molecule has 30 heavy (non-hydrogen) atoms. The number of hydrogen-bond acceptors (Lipinski definition) is 3. The fourth-order valence-electron chi connectivity index (χ4n) is 2.15. The normalized spacial score (nSPS) is 11.7. The Hall–Kier alpha value is -2.76. The van der Waals surface area contributed by atoms with Crippen molar-refractivity contribution in [2.24, 2.45) is 0 Å². The van der Waals surface area contributed by atoms with Crippen LogP contribution in [0.4, 0.5) is 32.0 Å². The van der Waals surface area contributed by atoms with Crippen LogP contribution >= 0.6 is 15.9 Å². The van der Waals surface area contributed by atoms with Crippen LogP contribution in [0.5, 0.6) is 5.75 Å². The summed E-state index contributed by atoms with van der Waals surface area (Å²) in [6.45, 7) is -1.37. The van der Waals surface area contributed by atoms with Gasteiger partial charge in [0.05, 0.1) is 23.4 Å². The number of benzene rings is 2. The van der Waals surface area contributed by atoms with E-state index in [0.29, 0.717) is 22.3 Å². The van der Waals surface area contributed by atoms with Gasteiger partial charge in [0.1, 0.15) is 5.75 Å². The molecular weight excluding hydrogens is 486 g/mol. The summed E-state index contributed by atoms with van der Waals surface area (Å²) in [4.78, 5) is 23.5. The van der Waals surface area contributed by atoms with Crippen molar-refractivity contribution in [1.29, 1.82) is 0 Å². The lowest BCUT2D eigenvalue weighted by molar-refractivity contribution is -0.143. The lowest BCUT2D eigenvalue weighted by Crippen LogP contribution is -2.35. The highest BCUT2D eigenvalue weighted by atomic mass is 79.9. The largest absolute Gasteiger partial charge is 0.484 e. The van der Waals surface area contributed by atoms with E-state index in [0.717, 1.165) is 0 Å². The smallest absolute Gasteiger partial charge is 0.416 e. The van der Waals surface area contributed by atoms with Gasteiger partial charge in [-0.25, -0.2) is 0 Å². The molecule has 0 aliphatic heterocycles. The summed E-state index contributed by atoms with van der Waals surface area (Å²) in [6, 6.07) is 7.29. The Bertz CT molecular complexity index is 899. The first-order chi connectivity index (χ1) is 13.9. The fraction of sp³-hybridized carbons (Fsp3) is 0.222. The highest BCUT2D eigenvalue weighted by Crippen LogP contribution is 2.38. The molecule has 0 radical (unpaired) electrons. The van der Waals surface area contributed by atoms with Crippen molar-refractivity contribution >= 4 is 33.4 Å². The van der Waals surface area contributed by atoms with Gasteiger partial charge in [-0.15, -0.1) is 0 Å². The highest BCUT2D eigenvalue weighted by Gasteiger charge is 2.37. The van der Waals surface area contributed by atoms with E-state index in [1.54, 1.807) is 24.3 Å². The van der Waals surface area contributed by atoms with E-state index in [1.165, 1.54) is 0 Å². The average Bonchev–Trinajstić information content (AvgIpc) is 2.65. The quantitative estimate of drug-likeness (QED) is 0.571. The number of hydrogen-bond donors (Lipinski definition) is 2. The molecule has 0 saturated carbocycles. The number of carbonyl (C=O) groups excluding carboxylic acids is 2. The van der Waals surface area contributed by atoms with Crippen molar-refractivity contribution in [3.63, 3.8) is 0 Å². The molecule has 0 aliphatic rings. The summed E-state index contributed by atoms with van der Waals surface area (Å²) < 4.78 is 82.2. The Kier molecular flexibility index (Phi) is 7.34. The van der Waals surface area contributed by atoms with Crippen LogP contribution < -0.4 is 15.4 Å². The van der Waals surface area contributed by atoms with Crippen LogP contribution in [0.25, 0.3) is 0 Å². The Labute approximate surface area is 174 Å². The summed E-state index contributed by atoms with van der Waals surface area (Å²) in [6.07, 6.45) is -10.1. The average molecular weight is 499 g/mol. The molecule has 0 bridgehead atoms. The standard InChI is InChI=1S/C18H13BrF6N2O3/c19-13-3-1-2-4-14(13)27-15(28)8-26-16(29)9-30-12-6-10(17(20,21)22)5-11(7-12)18(23,24)25/h1-7H,8-9H2,(H,26,29)(H,27,28). The molecular formula is C18H13BrF6N2O3. The third kappa shape index (κ3) is 6.94. The number of para-hydroxylation sites is 1. The van der Waals surface area contributed by atoms with Gasteiger partial charge in [0.15, 0.2) is 6.61 Å². The summed E-state index contributed by atoms with van der Waals surface area (Å²) in [7, 11) is 0. The maximum absolute atomic E-state index is 12.8. The number of amides is 2. The minimum absolute atomic E-state index is 0.0566. The van der Waals surface area contributed by atoms with E-state index in [9.17, 15) is 35.9 Å². The Morgan fingerprint density at radius 2 is 1.47 bits per heavy atom. The maximum Gasteiger partial charge on any atom is 0.416 e. The molecule has 2 amide bonds. The van der Waals surface area contributed by atoms with Gasteiger partial charge in [-0.3, -0.25) is 9.59 Å². The molecule has 0 aromatic heterocycles. The molecule has 2 aromatic carbocycles. The fourth-order valence-corrected chi connectivity index (χ4v) is 2.53.